The van der Waals surface area contributed by atoms with Crippen LogP contribution in [0, 0.1) is 12.8 Å². The van der Waals surface area contributed by atoms with Crippen LogP contribution in [0.4, 0.5) is 0 Å². The van der Waals surface area contributed by atoms with Crippen molar-refractivity contribution in [2.75, 3.05) is 13.1 Å². The predicted molar refractivity (Wildman–Crippen MR) is 124 cm³/mol. The number of rotatable bonds is 7. The Bertz CT molecular complexity index is 1250. The lowest BCUT2D eigenvalue weighted by Gasteiger charge is -2.30. The maximum atomic E-state index is 12.9. The summed E-state index contributed by atoms with van der Waals surface area (Å²) in [6.45, 7) is 4.17. The molecule has 3 aromatic rings. The van der Waals surface area contributed by atoms with Crippen LogP contribution in [0.5, 0.6) is 0 Å². The molecule has 1 saturated heterocycles. The van der Waals surface area contributed by atoms with E-state index in [0.29, 0.717) is 29.9 Å². The number of nitrogens with one attached hydrogen (secondary N) is 1. The van der Waals surface area contributed by atoms with Gasteiger partial charge < -0.3 is 9.73 Å². The summed E-state index contributed by atoms with van der Waals surface area (Å²) in [5, 5.41) is 5.77. The van der Waals surface area contributed by atoms with Crippen molar-refractivity contribution in [2.24, 2.45) is 5.92 Å². The van der Waals surface area contributed by atoms with Crippen molar-refractivity contribution in [2.45, 2.75) is 38.1 Å². The molecule has 0 aliphatic carbocycles. The van der Waals surface area contributed by atoms with E-state index in [9.17, 15) is 18.0 Å². The molecule has 0 atom stereocenters. The molecule has 174 valence electrons. The fraction of sp³-hybridized carbons (Fsp3) is 0.348. The van der Waals surface area contributed by atoms with E-state index < -0.39 is 10.0 Å². The van der Waals surface area contributed by atoms with Gasteiger partial charge in [-0.1, -0.05) is 12.1 Å². The molecule has 2 aromatic heterocycles. The standard InChI is InChI=1S/C23H25N3O5S2/c1-15(27)17-3-6-20(7-4-17)33(29,30)26-11-9-18(10-12-26)23(28)24-13-19-5-8-22(31-19)21-14-32-16(2)25-21/h3-8,14,18H,9-13H2,1-2H3,(H,24,28). The third kappa shape index (κ3) is 5.23. The van der Waals surface area contributed by atoms with E-state index >= 15 is 0 Å². The van der Waals surface area contributed by atoms with Gasteiger partial charge in [-0.3, -0.25) is 9.59 Å². The van der Waals surface area contributed by atoms with Crippen LogP contribution >= 0.6 is 11.3 Å². The van der Waals surface area contributed by atoms with Gasteiger partial charge in [0, 0.05) is 30.0 Å². The number of piperidine rings is 1. The number of Topliss-reactive ketones (excluding diaryl/α,β-unsaturated/α-hetero) is 1. The number of hydrogen-bond acceptors (Lipinski definition) is 7. The Morgan fingerprint density at radius 2 is 1.85 bits per heavy atom. The van der Waals surface area contributed by atoms with Crippen LogP contribution in [-0.4, -0.2) is 42.5 Å². The first kappa shape index (κ1) is 23.3. The average Bonchev–Trinajstić information content (AvgIpc) is 3.46. The normalized spacial score (nSPS) is 15.5. The molecule has 4 rings (SSSR count). The molecule has 0 unspecified atom stereocenters. The number of sulfonamides is 1. The molecule has 0 radical (unpaired) electrons. The largest absolute Gasteiger partial charge is 0.458 e. The van der Waals surface area contributed by atoms with Crippen LogP contribution < -0.4 is 5.32 Å². The van der Waals surface area contributed by atoms with Gasteiger partial charge in [0.1, 0.15) is 11.5 Å². The molecule has 1 aliphatic heterocycles. The molecule has 3 heterocycles. The lowest BCUT2D eigenvalue weighted by Crippen LogP contribution is -2.42. The molecular weight excluding hydrogens is 462 g/mol. The summed E-state index contributed by atoms with van der Waals surface area (Å²) in [7, 11) is -3.66. The van der Waals surface area contributed by atoms with Gasteiger partial charge in [-0.2, -0.15) is 4.31 Å². The zero-order valence-corrected chi connectivity index (χ0v) is 20.0. The Kier molecular flexibility index (Phi) is 6.78. The Labute approximate surface area is 196 Å². The molecule has 0 spiro atoms. The average molecular weight is 488 g/mol. The van der Waals surface area contributed by atoms with E-state index in [0.717, 1.165) is 10.7 Å². The minimum absolute atomic E-state index is 0.111. The van der Waals surface area contributed by atoms with E-state index in [-0.39, 0.29) is 42.1 Å². The molecule has 10 heteroatoms. The maximum absolute atomic E-state index is 12.9. The molecule has 1 aromatic carbocycles. The SMILES string of the molecule is CC(=O)c1ccc(S(=O)(=O)N2CCC(C(=O)NCc3ccc(-c4csc(C)n4)o3)CC2)cc1. The third-order valence-corrected chi connectivity index (χ3v) is 8.38. The smallest absolute Gasteiger partial charge is 0.243 e. The molecule has 8 nitrogen and oxygen atoms in total. The number of hydrogen-bond donors (Lipinski definition) is 1. The number of furan rings is 1. The van der Waals surface area contributed by atoms with Gasteiger partial charge in [-0.05, 0) is 51.0 Å². The lowest BCUT2D eigenvalue weighted by atomic mass is 9.97. The van der Waals surface area contributed by atoms with Crippen molar-refractivity contribution in [3.8, 4) is 11.5 Å². The molecule has 1 N–H and O–H groups in total. The minimum Gasteiger partial charge on any atom is -0.458 e. The first-order valence-electron chi connectivity index (χ1n) is 10.6. The summed E-state index contributed by atoms with van der Waals surface area (Å²) >= 11 is 1.55. The van der Waals surface area contributed by atoms with Crippen molar-refractivity contribution < 1.29 is 22.4 Å². The molecule has 0 bridgehead atoms. The Morgan fingerprint density at radius 1 is 1.15 bits per heavy atom. The van der Waals surface area contributed by atoms with E-state index in [4.69, 9.17) is 4.42 Å². The number of carbonyl (C=O) groups is 2. The first-order chi connectivity index (χ1) is 15.7. The minimum atomic E-state index is -3.66. The summed E-state index contributed by atoms with van der Waals surface area (Å²) in [5.41, 5.74) is 1.24. The molecule has 1 amide bonds. The maximum Gasteiger partial charge on any atom is 0.243 e. The van der Waals surface area contributed by atoms with Crippen molar-refractivity contribution in [3.05, 3.63) is 58.1 Å². The molecule has 0 saturated carbocycles. The summed E-state index contributed by atoms with van der Waals surface area (Å²) < 4.78 is 33.0. The Balaban J connectivity index is 1.30. The number of aryl methyl sites for hydroxylation is 1. The number of nitrogens with zero attached hydrogens (tertiary/aromatic N) is 2. The Hall–Kier alpha value is -2.82. The highest BCUT2D eigenvalue weighted by Crippen LogP contribution is 2.26. The summed E-state index contributed by atoms with van der Waals surface area (Å²) in [6.07, 6.45) is 0.885. The number of ketones is 1. The monoisotopic (exact) mass is 487 g/mol. The quantitative estimate of drug-likeness (QED) is 0.510. The summed E-state index contributed by atoms with van der Waals surface area (Å²) in [5.74, 6) is 0.818. The third-order valence-electron chi connectivity index (χ3n) is 5.69. The van der Waals surface area contributed by atoms with Crippen LogP contribution in [0.25, 0.3) is 11.5 Å². The second kappa shape index (κ2) is 9.58. The number of amides is 1. The zero-order valence-electron chi connectivity index (χ0n) is 18.4. The van der Waals surface area contributed by atoms with E-state index in [1.165, 1.54) is 35.5 Å². The predicted octanol–water partition coefficient (Wildman–Crippen LogP) is 3.63. The molecule has 1 fully saturated rings. The topological polar surface area (TPSA) is 110 Å². The molecular formula is C23H25N3O5S2. The van der Waals surface area contributed by atoms with E-state index in [2.05, 4.69) is 10.3 Å². The highest BCUT2D eigenvalue weighted by molar-refractivity contribution is 7.89. The van der Waals surface area contributed by atoms with Crippen LogP contribution in [0.1, 0.15) is 40.9 Å². The van der Waals surface area contributed by atoms with Crippen molar-refractivity contribution >= 4 is 33.1 Å². The van der Waals surface area contributed by atoms with Gasteiger partial charge in [0.2, 0.25) is 15.9 Å². The van der Waals surface area contributed by atoms with Crippen LogP contribution in [0.15, 0.2) is 51.1 Å². The van der Waals surface area contributed by atoms with Crippen molar-refractivity contribution in [1.29, 1.82) is 0 Å². The number of thiazole rings is 1. The van der Waals surface area contributed by atoms with Gasteiger partial charge >= 0.3 is 0 Å². The Morgan fingerprint density at radius 3 is 2.45 bits per heavy atom. The van der Waals surface area contributed by atoms with Gasteiger partial charge in [-0.15, -0.1) is 11.3 Å². The zero-order chi connectivity index (χ0) is 23.6. The number of benzene rings is 1. The fourth-order valence-electron chi connectivity index (χ4n) is 3.77. The van der Waals surface area contributed by atoms with Gasteiger partial charge in [0.15, 0.2) is 11.5 Å². The van der Waals surface area contributed by atoms with Crippen molar-refractivity contribution in [1.82, 2.24) is 14.6 Å². The molecule has 1 aliphatic rings. The second-order valence-electron chi connectivity index (χ2n) is 7.99. The molecule has 33 heavy (non-hydrogen) atoms. The lowest BCUT2D eigenvalue weighted by molar-refractivity contribution is -0.126. The van der Waals surface area contributed by atoms with Crippen LogP contribution in [0.2, 0.25) is 0 Å². The highest BCUT2D eigenvalue weighted by Gasteiger charge is 2.32. The highest BCUT2D eigenvalue weighted by atomic mass is 32.2. The summed E-state index contributed by atoms with van der Waals surface area (Å²) in [6, 6.07) is 9.60. The first-order valence-corrected chi connectivity index (χ1v) is 13.0. The van der Waals surface area contributed by atoms with Gasteiger partial charge in [-0.25, -0.2) is 13.4 Å². The summed E-state index contributed by atoms with van der Waals surface area (Å²) in [4.78, 5) is 28.6. The fourth-order valence-corrected chi connectivity index (χ4v) is 5.85. The van der Waals surface area contributed by atoms with Gasteiger partial charge in [0.25, 0.3) is 0 Å². The van der Waals surface area contributed by atoms with E-state index in [1.54, 1.807) is 11.3 Å². The van der Waals surface area contributed by atoms with Crippen molar-refractivity contribution in [3.63, 3.8) is 0 Å². The van der Waals surface area contributed by atoms with Crippen LogP contribution in [-0.2, 0) is 21.4 Å². The number of carbonyl (C=O) groups excluding carboxylic acids is 2. The second-order valence-corrected chi connectivity index (χ2v) is 11.0. The van der Waals surface area contributed by atoms with E-state index in [1.807, 2.05) is 24.4 Å². The van der Waals surface area contributed by atoms with Crippen LogP contribution in [0.3, 0.4) is 0 Å². The van der Waals surface area contributed by atoms with Gasteiger partial charge in [0.05, 0.1) is 16.4 Å². The number of aromatic nitrogens is 1.